The Hall–Kier alpha value is -2.76. The van der Waals surface area contributed by atoms with E-state index in [4.69, 9.17) is 16.6 Å². The van der Waals surface area contributed by atoms with E-state index < -0.39 is 0 Å². The number of benzene rings is 2. The Morgan fingerprint density at radius 1 is 1.00 bits per heavy atom. The van der Waals surface area contributed by atoms with Gasteiger partial charge in [-0.25, -0.2) is 4.98 Å². The number of hydrogen-bond acceptors (Lipinski definition) is 3. The number of nitrogens with one attached hydrogen (secondary N) is 1. The number of rotatable bonds is 5. The highest BCUT2D eigenvalue weighted by Crippen LogP contribution is 2.29. The Bertz CT molecular complexity index is 1080. The lowest BCUT2D eigenvalue weighted by molar-refractivity contribution is -0.113. The van der Waals surface area contributed by atoms with Crippen LogP contribution in [-0.4, -0.2) is 21.0 Å². The fraction of sp³-hybridized carbons (Fsp3) is 0.0476. The van der Waals surface area contributed by atoms with Crippen LogP contribution in [-0.2, 0) is 4.79 Å². The molecular weight excluding hydrogens is 378 g/mol. The summed E-state index contributed by atoms with van der Waals surface area (Å²) in [6, 6.07) is 23.1. The van der Waals surface area contributed by atoms with Crippen LogP contribution in [0.2, 0.25) is 5.02 Å². The molecule has 4 nitrogen and oxygen atoms in total. The van der Waals surface area contributed by atoms with Crippen molar-refractivity contribution in [2.24, 2.45) is 0 Å². The summed E-state index contributed by atoms with van der Waals surface area (Å²) < 4.78 is 1.90. The zero-order valence-corrected chi connectivity index (χ0v) is 15.9. The number of halogens is 1. The molecule has 27 heavy (non-hydrogen) atoms. The van der Waals surface area contributed by atoms with Crippen LogP contribution in [0.15, 0.2) is 83.9 Å². The number of imidazole rings is 1. The molecular formula is C21H16ClN3OS. The van der Waals surface area contributed by atoms with Crippen LogP contribution in [0.5, 0.6) is 0 Å². The minimum atomic E-state index is -0.0854. The van der Waals surface area contributed by atoms with Crippen molar-refractivity contribution in [1.82, 2.24) is 9.38 Å². The first-order valence-electron chi connectivity index (χ1n) is 8.41. The number of fused-ring (bicyclic) bond motifs is 1. The van der Waals surface area contributed by atoms with Gasteiger partial charge in [-0.2, -0.15) is 0 Å². The van der Waals surface area contributed by atoms with Crippen LogP contribution in [0.1, 0.15) is 0 Å². The predicted molar refractivity (Wildman–Crippen MR) is 111 cm³/mol. The van der Waals surface area contributed by atoms with Gasteiger partial charge in [-0.1, -0.05) is 48.0 Å². The standard InChI is InChI=1S/C21H16ClN3OS/c22-16-9-11-17(12-10-16)27-14-19(26)24-21-20(15-6-2-1-3-7-15)23-18-8-4-5-13-25(18)21/h1-13H,14H2,(H,24,26). The third-order valence-corrected chi connectivity index (χ3v) is 5.28. The quantitative estimate of drug-likeness (QED) is 0.462. The SMILES string of the molecule is O=C(CSc1ccc(Cl)cc1)Nc1c(-c2ccccc2)nc2ccccn12. The summed E-state index contributed by atoms with van der Waals surface area (Å²) in [5.41, 5.74) is 2.51. The van der Waals surface area contributed by atoms with Gasteiger partial charge in [0.05, 0.1) is 5.75 Å². The fourth-order valence-electron chi connectivity index (χ4n) is 2.76. The first-order valence-corrected chi connectivity index (χ1v) is 9.78. The number of carbonyl (C=O) groups excluding carboxylic acids is 1. The molecule has 6 heteroatoms. The second kappa shape index (κ2) is 7.86. The molecule has 0 aliphatic rings. The topological polar surface area (TPSA) is 46.4 Å². The molecule has 0 unspecified atom stereocenters. The van der Waals surface area contributed by atoms with Crippen molar-refractivity contribution in [3.63, 3.8) is 0 Å². The number of hydrogen-bond donors (Lipinski definition) is 1. The summed E-state index contributed by atoms with van der Waals surface area (Å²) >= 11 is 7.37. The molecule has 1 amide bonds. The van der Waals surface area contributed by atoms with Crippen molar-refractivity contribution in [3.8, 4) is 11.3 Å². The van der Waals surface area contributed by atoms with Crippen LogP contribution in [0, 0.1) is 0 Å². The number of pyridine rings is 1. The highest BCUT2D eigenvalue weighted by molar-refractivity contribution is 8.00. The minimum absolute atomic E-state index is 0.0854. The average Bonchev–Trinajstić information content (AvgIpc) is 3.07. The molecule has 2 aromatic carbocycles. The molecule has 4 aromatic rings. The van der Waals surface area contributed by atoms with E-state index in [0.717, 1.165) is 21.8 Å². The lowest BCUT2D eigenvalue weighted by Crippen LogP contribution is -2.16. The zero-order chi connectivity index (χ0) is 18.6. The third kappa shape index (κ3) is 3.99. The molecule has 134 valence electrons. The van der Waals surface area contributed by atoms with Gasteiger partial charge in [0.15, 0.2) is 0 Å². The van der Waals surface area contributed by atoms with E-state index in [0.29, 0.717) is 16.6 Å². The molecule has 0 spiro atoms. The van der Waals surface area contributed by atoms with Crippen LogP contribution in [0.3, 0.4) is 0 Å². The van der Waals surface area contributed by atoms with Gasteiger partial charge < -0.3 is 5.32 Å². The summed E-state index contributed by atoms with van der Waals surface area (Å²) in [5.74, 6) is 0.895. The molecule has 0 saturated heterocycles. The van der Waals surface area contributed by atoms with Crippen LogP contribution in [0.25, 0.3) is 16.9 Å². The lowest BCUT2D eigenvalue weighted by atomic mass is 10.1. The van der Waals surface area contributed by atoms with E-state index in [1.165, 1.54) is 11.8 Å². The van der Waals surface area contributed by atoms with Gasteiger partial charge in [-0.05, 0) is 36.4 Å². The molecule has 0 radical (unpaired) electrons. The summed E-state index contributed by atoms with van der Waals surface area (Å²) in [7, 11) is 0. The highest BCUT2D eigenvalue weighted by atomic mass is 35.5. The van der Waals surface area contributed by atoms with E-state index in [2.05, 4.69) is 5.32 Å². The van der Waals surface area contributed by atoms with Crippen LogP contribution < -0.4 is 5.32 Å². The van der Waals surface area contributed by atoms with E-state index in [1.807, 2.05) is 83.4 Å². The molecule has 0 saturated carbocycles. The van der Waals surface area contributed by atoms with E-state index in [-0.39, 0.29) is 5.91 Å². The Labute approximate surface area is 166 Å². The second-order valence-electron chi connectivity index (χ2n) is 5.89. The van der Waals surface area contributed by atoms with Gasteiger partial charge in [0.2, 0.25) is 5.91 Å². The van der Waals surface area contributed by atoms with E-state index in [9.17, 15) is 4.79 Å². The van der Waals surface area contributed by atoms with Crippen molar-refractivity contribution in [1.29, 1.82) is 0 Å². The molecule has 2 aromatic heterocycles. The average molecular weight is 394 g/mol. The summed E-state index contributed by atoms with van der Waals surface area (Å²) in [6.07, 6.45) is 1.90. The maximum absolute atomic E-state index is 12.6. The predicted octanol–water partition coefficient (Wildman–Crippen LogP) is 5.39. The number of amides is 1. The van der Waals surface area contributed by atoms with Gasteiger partial charge in [-0.15, -0.1) is 11.8 Å². The largest absolute Gasteiger partial charge is 0.309 e. The number of carbonyl (C=O) groups is 1. The first kappa shape index (κ1) is 17.6. The Balaban J connectivity index is 1.59. The highest BCUT2D eigenvalue weighted by Gasteiger charge is 2.16. The van der Waals surface area contributed by atoms with Gasteiger partial charge in [0.1, 0.15) is 17.2 Å². The summed E-state index contributed by atoms with van der Waals surface area (Å²) in [5, 5.41) is 3.71. The molecule has 0 fully saturated rings. The molecule has 4 rings (SSSR count). The smallest absolute Gasteiger partial charge is 0.235 e. The molecule has 0 atom stereocenters. The van der Waals surface area contributed by atoms with Crippen molar-refractivity contribution < 1.29 is 4.79 Å². The Morgan fingerprint density at radius 3 is 2.52 bits per heavy atom. The molecule has 1 N–H and O–H groups in total. The van der Waals surface area contributed by atoms with E-state index in [1.54, 1.807) is 0 Å². The Kier molecular flexibility index (Phi) is 5.14. The van der Waals surface area contributed by atoms with Gasteiger partial charge in [-0.3, -0.25) is 9.20 Å². The zero-order valence-electron chi connectivity index (χ0n) is 14.3. The molecule has 2 heterocycles. The monoisotopic (exact) mass is 393 g/mol. The van der Waals surface area contributed by atoms with Crippen LogP contribution in [0.4, 0.5) is 5.82 Å². The lowest BCUT2D eigenvalue weighted by Gasteiger charge is -2.08. The van der Waals surface area contributed by atoms with E-state index >= 15 is 0 Å². The van der Waals surface area contributed by atoms with Gasteiger partial charge in [0, 0.05) is 21.7 Å². The number of nitrogens with zero attached hydrogens (tertiary/aromatic N) is 2. The molecule has 0 bridgehead atoms. The molecule has 0 aliphatic heterocycles. The maximum atomic E-state index is 12.6. The summed E-state index contributed by atoms with van der Waals surface area (Å²) in [6.45, 7) is 0. The third-order valence-electron chi connectivity index (χ3n) is 4.02. The van der Waals surface area contributed by atoms with Crippen molar-refractivity contribution in [2.45, 2.75) is 4.90 Å². The van der Waals surface area contributed by atoms with Crippen molar-refractivity contribution >= 4 is 40.7 Å². The first-order chi connectivity index (χ1) is 13.2. The number of aromatic nitrogens is 2. The minimum Gasteiger partial charge on any atom is -0.309 e. The molecule has 0 aliphatic carbocycles. The van der Waals surface area contributed by atoms with Gasteiger partial charge in [0.25, 0.3) is 0 Å². The Morgan fingerprint density at radius 2 is 1.74 bits per heavy atom. The number of anilines is 1. The normalized spacial score (nSPS) is 10.9. The van der Waals surface area contributed by atoms with Gasteiger partial charge >= 0.3 is 0 Å². The van der Waals surface area contributed by atoms with Crippen molar-refractivity contribution in [2.75, 3.05) is 11.1 Å². The maximum Gasteiger partial charge on any atom is 0.235 e. The number of thioether (sulfide) groups is 1. The fourth-order valence-corrected chi connectivity index (χ4v) is 3.58. The van der Waals surface area contributed by atoms with Crippen LogP contribution >= 0.6 is 23.4 Å². The second-order valence-corrected chi connectivity index (χ2v) is 7.38. The van der Waals surface area contributed by atoms with Crippen molar-refractivity contribution in [3.05, 3.63) is 84.0 Å². The summed E-state index contributed by atoms with van der Waals surface area (Å²) in [4.78, 5) is 18.3.